The Morgan fingerprint density at radius 1 is 0.897 bits per heavy atom. The van der Waals surface area contributed by atoms with Crippen LogP contribution in [-0.2, 0) is 4.79 Å². The molecule has 0 aliphatic heterocycles. The van der Waals surface area contributed by atoms with Gasteiger partial charge in [-0.25, -0.2) is 0 Å². The van der Waals surface area contributed by atoms with E-state index in [9.17, 15) is 9.59 Å². The monoisotopic (exact) mass is 395 g/mol. The van der Waals surface area contributed by atoms with Crippen LogP contribution in [0.3, 0.4) is 0 Å². The van der Waals surface area contributed by atoms with Crippen LogP contribution in [0.4, 0.5) is 11.4 Å². The Kier molecular flexibility index (Phi) is 8.25. The summed E-state index contributed by atoms with van der Waals surface area (Å²) in [5, 5.41) is 6.11. The van der Waals surface area contributed by atoms with Gasteiger partial charge < -0.3 is 15.5 Å². The second kappa shape index (κ2) is 10.6. The third-order valence-corrected chi connectivity index (χ3v) is 4.80. The number of hydrogen-bond donors (Lipinski definition) is 2. The van der Waals surface area contributed by atoms with E-state index < -0.39 is 0 Å². The molecular weight excluding hydrogens is 362 g/mol. The van der Waals surface area contributed by atoms with E-state index in [1.54, 1.807) is 0 Å². The van der Waals surface area contributed by atoms with Crippen molar-refractivity contribution >= 4 is 23.2 Å². The first-order valence-electron chi connectivity index (χ1n) is 10.4. The molecule has 0 saturated carbocycles. The fourth-order valence-electron chi connectivity index (χ4n) is 3.51. The lowest BCUT2D eigenvalue weighted by Crippen LogP contribution is -2.32. The van der Waals surface area contributed by atoms with Crippen molar-refractivity contribution in [2.75, 3.05) is 30.3 Å². The molecule has 2 N–H and O–H groups in total. The molecule has 0 aliphatic rings. The third-order valence-electron chi connectivity index (χ3n) is 4.80. The van der Waals surface area contributed by atoms with E-state index in [0.29, 0.717) is 5.56 Å². The van der Waals surface area contributed by atoms with E-state index in [1.807, 2.05) is 49.9 Å². The summed E-state index contributed by atoms with van der Waals surface area (Å²) in [4.78, 5) is 26.9. The van der Waals surface area contributed by atoms with Crippen molar-refractivity contribution in [2.45, 2.75) is 47.5 Å². The Morgan fingerprint density at radius 2 is 1.45 bits per heavy atom. The molecule has 2 amide bonds. The number of carbonyl (C=O) groups is 2. The molecule has 0 aliphatic carbocycles. The topological polar surface area (TPSA) is 61.4 Å². The lowest BCUT2D eigenvalue weighted by Gasteiger charge is -2.21. The summed E-state index contributed by atoms with van der Waals surface area (Å²) in [6.45, 7) is 11.9. The summed E-state index contributed by atoms with van der Waals surface area (Å²) in [5.74, 6) is -0.0411. The molecule has 29 heavy (non-hydrogen) atoms. The fourth-order valence-corrected chi connectivity index (χ4v) is 3.51. The molecule has 0 atom stereocenters. The molecular formula is C24H33N3O2. The standard InChI is InChI=1S/C24H33N3O2/c1-6-12-27(13-7-2)24(29)20-8-10-21(11-9-20)25-16-22(28)26-23-18(4)14-17(3)15-19(23)5/h8-11,14-15,25H,6-7,12-13,16H2,1-5H3,(H,26,28). The average Bonchev–Trinajstić information content (AvgIpc) is 2.69. The molecule has 0 aromatic heterocycles. The van der Waals surface area contributed by atoms with Crippen molar-refractivity contribution in [3.63, 3.8) is 0 Å². The largest absolute Gasteiger partial charge is 0.376 e. The summed E-state index contributed by atoms with van der Waals surface area (Å²) >= 11 is 0. The first-order valence-corrected chi connectivity index (χ1v) is 10.4. The molecule has 0 radical (unpaired) electrons. The van der Waals surface area contributed by atoms with E-state index in [4.69, 9.17) is 0 Å². The Morgan fingerprint density at radius 3 is 1.97 bits per heavy atom. The van der Waals surface area contributed by atoms with E-state index in [2.05, 4.69) is 36.6 Å². The number of amides is 2. The summed E-state index contributed by atoms with van der Waals surface area (Å²) < 4.78 is 0. The van der Waals surface area contributed by atoms with Gasteiger partial charge >= 0.3 is 0 Å². The molecule has 0 spiro atoms. The highest BCUT2D eigenvalue weighted by Crippen LogP contribution is 2.21. The molecule has 0 fully saturated rings. The number of hydrogen-bond acceptors (Lipinski definition) is 3. The molecule has 156 valence electrons. The molecule has 2 aromatic rings. The quantitative estimate of drug-likeness (QED) is 0.633. The van der Waals surface area contributed by atoms with Crippen molar-refractivity contribution in [1.29, 1.82) is 0 Å². The number of benzene rings is 2. The first kappa shape index (κ1) is 22.5. The van der Waals surface area contributed by atoms with Gasteiger partial charge in [0, 0.05) is 30.0 Å². The molecule has 2 aromatic carbocycles. The molecule has 5 heteroatoms. The summed E-state index contributed by atoms with van der Waals surface area (Å²) in [6, 6.07) is 11.4. The maximum atomic E-state index is 12.6. The van der Waals surface area contributed by atoms with Crippen LogP contribution in [0.5, 0.6) is 0 Å². The van der Waals surface area contributed by atoms with Crippen LogP contribution in [0.2, 0.25) is 0 Å². The fraction of sp³-hybridized carbons (Fsp3) is 0.417. The van der Waals surface area contributed by atoms with Gasteiger partial charge in [-0.2, -0.15) is 0 Å². The van der Waals surface area contributed by atoms with Crippen molar-refractivity contribution < 1.29 is 9.59 Å². The molecule has 0 bridgehead atoms. The molecule has 2 rings (SSSR count). The van der Waals surface area contributed by atoms with Crippen molar-refractivity contribution in [3.8, 4) is 0 Å². The normalized spacial score (nSPS) is 10.5. The van der Waals surface area contributed by atoms with Crippen LogP contribution in [0.25, 0.3) is 0 Å². The summed E-state index contributed by atoms with van der Waals surface area (Å²) in [6.07, 6.45) is 1.89. The summed E-state index contributed by atoms with van der Waals surface area (Å²) in [7, 11) is 0. The van der Waals surface area contributed by atoms with Gasteiger partial charge in [0.15, 0.2) is 0 Å². The van der Waals surface area contributed by atoms with Crippen LogP contribution >= 0.6 is 0 Å². The minimum atomic E-state index is -0.0997. The maximum Gasteiger partial charge on any atom is 0.253 e. The predicted octanol–water partition coefficient (Wildman–Crippen LogP) is 4.92. The highest BCUT2D eigenvalue weighted by atomic mass is 16.2. The predicted molar refractivity (Wildman–Crippen MR) is 121 cm³/mol. The number of nitrogens with one attached hydrogen (secondary N) is 2. The van der Waals surface area contributed by atoms with Crippen LogP contribution in [-0.4, -0.2) is 36.3 Å². The van der Waals surface area contributed by atoms with Gasteiger partial charge in [0.2, 0.25) is 5.91 Å². The van der Waals surface area contributed by atoms with E-state index in [1.165, 1.54) is 5.56 Å². The second-order valence-corrected chi connectivity index (χ2v) is 7.54. The zero-order valence-corrected chi connectivity index (χ0v) is 18.3. The van der Waals surface area contributed by atoms with Gasteiger partial charge in [0.25, 0.3) is 5.91 Å². The number of aryl methyl sites for hydroxylation is 3. The van der Waals surface area contributed by atoms with Crippen molar-refractivity contribution in [3.05, 3.63) is 58.7 Å². The van der Waals surface area contributed by atoms with E-state index in [0.717, 1.165) is 48.4 Å². The van der Waals surface area contributed by atoms with Crippen LogP contribution in [0, 0.1) is 20.8 Å². The zero-order chi connectivity index (χ0) is 21.4. The Bertz CT molecular complexity index is 815. The van der Waals surface area contributed by atoms with Gasteiger partial charge in [-0.05, 0) is 69.0 Å². The summed E-state index contributed by atoms with van der Waals surface area (Å²) in [5.41, 5.74) is 5.65. The minimum absolute atomic E-state index is 0.0586. The Labute approximate surface area is 174 Å². The lowest BCUT2D eigenvalue weighted by molar-refractivity contribution is -0.114. The second-order valence-electron chi connectivity index (χ2n) is 7.54. The van der Waals surface area contributed by atoms with Gasteiger partial charge in [0.05, 0.1) is 6.54 Å². The van der Waals surface area contributed by atoms with Crippen molar-refractivity contribution in [2.24, 2.45) is 0 Å². The van der Waals surface area contributed by atoms with Crippen LogP contribution in [0.15, 0.2) is 36.4 Å². The molecule has 0 heterocycles. The van der Waals surface area contributed by atoms with Crippen LogP contribution in [0.1, 0.15) is 53.7 Å². The highest BCUT2D eigenvalue weighted by molar-refractivity contribution is 5.96. The van der Waals surface area contributed by atoms with E-state index >= 15 is 0 Å². The van der Waals surface area contributed by atoms with Gasteiger partial charge in [0.1, 0.15) is 0 Å². The first-order chi connectivity index (χ1) is 13.8. The smallest absolute Gasteiger partial charge is 0.253 e. The lowest BCUT2D eigenvalue weighted by atomic mass is 10.1. The molecule has 5 nitrogen and oxygen atoms in total. The van der Waals surface area contributed by atoms with Gasteiger partial charge in [-0.3, -0.25) is 9.59 Å². The SMILES string of the molecule is CCCN(CCC)C(=O)c1ccc(NCC(=O)Nc2c(C)cc(C)cc2C)cc1. The number of carbonyl (C=O) groups excluding carboxylic acids is 2. The Hall–Kier alpha value is -2.82. The Balaban J connectivity index is 1.95. The minimum Gasteiger partial charge on any atom is -0.376 e. The average molecular weight is 396 g/mol. The molecule has 0 unspecified atom stereocenters. The highest BCUT2D eigenvalue weighted by Gasteiger charge is 2.14. The third kappa shape index (κ3) is 6.34. The number of rotatable bonds is 9. The van der Waals surface area contributed by atoms with Crippen LogP contribution < -0.4 is 10.6 Å². The van der Waals surface area contributed by atoms with E-state index in [-0.39, 0.29) is 18.4 Å². The number of nitrogens with zero attached hydrogens (tertiary/aromatic N) is 1. The maximum absolute atomic E-state index is 12.6. The van der Waals surface area contributed by atoms with Crippen molar-refractivity contribution in [1.82, 2.24) is 4.90 Å². The number of anilines is 2. The zero-order valence-electron chi connectivity index (χ0n) is 18.3. The van der Waals surface area contributed by atoms with Gasteiger partial charge in [-0.1, -0.05) is 31.5 Å². The van der Waals surface area contributed by atoms with Gasteiger partial charge in [-0.15, -0.1) is 0 Å². The molecule has 0 saturated heterocycles.